The summed E-state index contributed by atoms with van der Waals surface area (Å²) in [5.41, 5.74) is 6.09. The van der Waals surface area contributed by atoms with Crippen LogP contribution in [-0.2, 0) is 5.41 Å². The Kier molecular flexibility index (Phi) is 5.92. The first-order chi connectivity index (χ1) is 17.0. The van der Waals surface area contributed by atoms with Crippen molar-refractivity contribution < 1.29 is 19.8 Å². The van der Waals surface area contributed by atoms with Crippen molar-refractivity contribution in [3.8, 4) is 22.6 Å². The molecule has 0 aromatic heterocycles. The molecule has 4 aromatic carbocycles. The van der Waals surface area contributed by atoms with E-state index in [1.807, 2.05) is 25.1 Å². The van der Waals surface area contributed by atoms with Gasteiger partial charge in [0.2, 0.25) is 0 Å². The fourth-order valence-corrected chi connectivity index (χ4v) is 6.02. The molecule has 1 aliphatic carbocycles. The van der Waals surface area contributed by atoms with Crippen LogP contribution < -0.4 is 0 Å². The Hall–Kier alpha value is -3.22. The zero-order valence-corrected chi connectivity index (χ0v) is 23.0. The van der Waals surface area contributed by atoms with E-state index in [9.17, 15) is 19.8 Å². The van der Waals surface area contributed by atoms with Gasteiger partial charge in [-0.2, -0.15) is 0 Å². The van der Waals surface area contributed by atoms with E-state index in [0.717, 1.165) is 47.9 Å². The number of Topliss-reactive ketones (excluding diaryl/α,β-unsaturated/α-hetero) is 2. The zero-order chi connectivity index (χ0) is 25.9. The fourth-order valence-electron chi connectivity index (χ4n) is 5.31. The van der Waals surface area contributed by atoms with Gasteiger partial charge in [0.15, 0.2) is 11.6 Å². The number of halogens is 2. The van der Waals surface area contributed by atoms with Gasteiger partial charge < -0.3 is 10.2 Å². The number of aryl methyl sites for hydroxylation is 1. The molecule has 4 nitrogen and oxygen atoms in total. The molecule has 0 heterocycles. The summed E-state index contributed by atoms with van der Waals surface area (Å²) < 4.78 is 1.80. The first-order valence-electron chi connectivity index (χ1n) is 11.4. The van der Waals surface area contributed by atoms with Crippen molar-refractivity contribution >= 4 is 43.4 Å². The summed E-state index contributed by atoms with van der Waals surface area (Å²) in [4.78, 5) is 24.9. The van der Waals surface area contributed by atoms with Crippen LogP contribution in [0.4, 0.5) is 0 Å². The minimum absolute atomic E-state index is 0.0886. The summed E-state index contributed by atoms with van der Waals surface area (Å²) in [5.74, 6) is -0.682. The van der Waals surface area contributed by atoms with Crippen LogP contribution in [0.5, 0.6) is 11.5 Å². The van der Waals surface area contributed by atoms with Gasteiger partial charge in [0.05, 0.1) is 16.5 Å². The Morgan fingerprint density at radius 1 is 0.694 bits per heavy atom. The Bertz CT molecular complexity index is 1540. The number of hydrogen-bond acceptors (Lipinski definition) is 4. The van der Waals surface area contributed by atoms with Crippen LogP contribution in [-0.4, -0.2) is 21.8 Å². The van der Waals surface area contributed by atoms with E-state index in [1.165, 1.54) is 13.8 Å². The molecule has 180 valence electrons. The summed E-state index contributed by atoms with van der Waals surface area (Å²) in [6, 6.07) is 20.5. The smallest absolute Gasteiger partial charge is 0.163 e. The molecule has 0 unspecified atom stereocenters. The molecule has 36 heavy (non-hydrogen) atoms. The highest BCUT2D eigenvalue weighted by Gasteiger charge is 2.47. The average molecular weight is 606 g/mol. The maximum atomic E-state index is 12.5. The number of aromatic hydroxyl groups is 2. The van der Waals surface area contributed by atoms with Gasteiger partial charge in [-0.1, -0.05) is 50.1 Å². The van der Waals surface area contributed by atoms with Crippen LogP contribution in [0.1, 0.15) is 62.4 Å². The quantitative estimate of drug-likeness (QED) is 0.206. The van der Waals surface area contributed by atoms with Gasteiger partial charge in [0.25, 0.3) is 0 Å². The van der Waals surface area contributed by atoms with Crippen molar-refractivity contribution in [2.24, 2.45) is 0 Å². The molecule has 4 aromatic rings. The molecule has 0 atom stereocenters. The number of carbonyl (C=O) groups is 2. The summed E-state index contributed by atoms with van der Waals surface area (Å²) in [6.45, 7) is 4.88. The van der Waals surface area contributed by atoms with Crippen molar-refractivity contribution in [3.63, 3.8) is 0 Å². The Balaban J connectivity index is 2.02. The normalized spacial score (nSPS) is 13.2. The number of fused-ring (bicyclic) bond motifs is 3. The number of ketones is 2. The second-order valence-corrected chi connectivity index (χ2v) is 10.9. The van der Waals surface area contributed by atoms with E-state index in [1.54, 1.807) is 24.3 Å². The monoisotopic (exact) mass is 604 g/mol. The Morgan fingerprint density at radius 2 is 1.22 bits per heavy atom. The van der Waals surface area contributed by atoms with Crippen molar-refractivity contribution in [1.82, 2.24) is 0 Å². The van der Waals surface area contributed by atoms with Gasteiger partial charge in [-0.15, -0.1) is 0 Å². The molecule has 0 radical (unpaired) electrons. The molecule has 0 aliphatic heterocycles. The lowest BCUT2D eigenvalue weighted by molar-refractivity contribution is 0.100. The number of benzene rings is 4. The SMILES string of the molecule is CC(=O)c1cc(C2(c3ccc(O)c(C(C)=O)c3)c3cc(Br)ccc3-c3cc(C)c(Br)cc32)ccc1O. The third-order valence-corrected chi connectivity index (χ3v) is 8.34. The van der Waals surface area contributed by atoms with Crippen molar-refractivity contribution in [2.45, 2.75) is 26.2 Å². The maximum Gasteiger partial charge on any atom is 0.163 e. The molecular formula is C30H22Br2O4. The number of carbonyl (C=O) groups excluding carboxylic acids is 2. The van der Waals surface area contributed by atoms with E-state index in [4.69, 9.17) is 0 Å². The molecule has 1 aliphatic rings. The van der Waals surface area contributed by atoms with E-state index in [0.29, 0.717) is 0 Å². The molecule has 0 saturated carbocycles. The minimum atomic E-state index is -0.930. The van der Waals surface area contributed by atoms with Crippen LogP contribution in [0, 0.1) is 6.92 Å². The van der Waals surface area contributed by atoms with Crippen LogP contribution in [0.25, 0.3) is 11.1 Å². The van der Waals surface area contributed by atoms with E-state index < -0.39 is 5.41 Å². The summed E-state index contributed by atoms with van der Waals surface area (Å²) in [6.07, 6.45) is 0. The number of rotatable bonds is 4. The van der Waals surface area contributed by atoms with E-state index >= 15 is 0 Å². The van der Waals surface area contributed by atoms with Crippen molar-refractivity contribution in [1.29, 1.82) is 0 Å². The number of phenolic OH excluding ortho intramolecular Hbond substituents is 2. The third kappa shape index (κ3) is 3.54. The first-order valence-corrected chi connectivity index (χ1v) is 12.9. The lowest BCUT2D eigenvalue weighted by Gasteiger charge is -2.35. The molecule has 0 saturated heterocycles. The van der Waals surface area contributed by atoms with E-state index in [2.05, 4.69) is 56.1 Å². The van der Waals surface area contributed by atoms with Gasteiger partial charge in [0, 0.05) is 8.95 Å². The topological polar surface area (TPSA) is 74.6 Å². The highest BCUT2D eigenvalue weighted by Crippen LogP contribution is 2.58. The summed E-state index contributed by atoms with van der Waals surface area (Å²) >= 11 is 7.34. The predicted octanol–water partition coefficient (Wildman–Crippen LogP) is 7.70. The molecule has 5 rings (SSSR count). The largest absolute Gasteiger partial charge is 0.507 e. The van der Waals surface area contributed by atoms with Gasteiger partial charge in [0.1, 0.15) is 11.5 Å². The Labute approximate surface area is 225 Å². The van der Waals surface area contributed by atoms with Gasteiger partial charge in [-0.05, 0) is 108 Å². The highest BCUT2D eigenvalue weighted by molar-refractivity contribution is 9.10. The first kappa shape index (κ1) is 24.5. The molecule has 6 heteroatoms. The minimum Gasteiger partial charge on any atom is -0.507 e. The third-order valence-electron chi connectivity index (χ3n) is 7.00. The van der Waals surface area contributed by atoms with Gasteiger partial charge in [-0.3, -0.25) is 9.59 Å². The van der Waals surface area contributed by atoms with Crippen molar-refractivity contribution in [2.75, 3.05) is 0 Å². The van der Waals surface area contributed by atoms with Gasteiger partial charge >= 0.3 is 0 Å². The average Bonchev–Trinajstić information content (AvgIpc) is 3.09. The highest BCUT2D eigenvalue weighted by atomic mass is 79.9. The molecule has 0 spiro atoms. The van der Waals surface area contributed by atoms with Crippen LogP contribution >= 0.6 is 31.9 Å². The summed E-state index contributed by atoms with van der Waals surface area (Å²) in [7, 11) is 0. The standard InChI is InChI=1S/C30H22Br2O4/c1-15-10-24-21-7-6-20(31)13-25(21)30(26(24)14-27(15)32,18-4-8-28(35)22(11-18)16(2)33)19-5-9-29(36)23(12-19)17(3)34/h4-14,35-36H,1-3H3. The lowest BCUT2D eigenvalue weighted by Crippen LogP contribution is -2.29. The number of phenols is 2. The zero-order valence-electron chi connectivity index (χ0n) is 19.8. The maximum absolute atomic E-state index is 12.5. The number of hydrogen-bond donors (Lipinski definition) is 2. The van der Waals surface area contributed by atoms with Crippen LogP contribution in [0.15, 0.2) is 75.7 Å². The van der Waals surface area contributed by atoms with E-state index in [-0.39, 0.29) is 34.2 Å². The van der Waals surface area contributed by atoms with Crippen molar-refractivity contribution in [3.05, 3.63) is 115 Å². The van der Waals surface area contributed by atoms with Gasteiger partial charge in [-0.25, -0.2) is 0 Å². The molecular weight excluding hydrogens is 584 g/mol. The second kappa shape index (κ2) is 8.71. The molecule has 0 amide bonds. The lowest BCUT2D eigenvalue weighted by atomic mass is 9.67. The Morgan fingerprint density at radius 3 is 1.75 bits per heavy atom. The second-order valence-electron chi connectivity index (χ2n) is 9.16. The predicted molar refractivity (Wildman–Crippen MR) is 147 cm³/mol. The fraction of sp³-hybridized carbons (Fsp3) is 0.133. The van der Waals surface area contributed by atoms with Crippen LogP contribution in [0.3, 0.4) is 0 Å². The molecule has 2 N–H and O–H groups in total. The summed E-state index contributed by atoms with van der Waals surface area (Å²) in [5, 5.41) is 20.9. The molecule has 0 bridgehead atoms. The molecule has 0 fully saturated rings. The van der Waals surface area contributed by atoms with Crippen LogP contribution in [0.2, 0.25) is 0 Å².